The number of piperidine rings is 1. The number of thiazole rings is 1. The van der Waals surface area contributed by atoms with Crippen LogP contribution >= 0.6 is 11.3 Å². The van der Waals surface area contributed by atoms with Crippen LogP contribution in [-0.4, -0.2) is 49.2 Å². The summed E-state index contributed by atoms with van der Waals surface area (Å²) in [7, 11) is 0. The summed E-state index contributed by atoms with van der Waals surface area (Å²) < 4.78 is 5.84. The van der Waals surface area contributed by atoms with Crippen LogP contribution in [0.4, 0.5) is 10.8 Å². The predicted octanol–water partition coefficient (Wildman–Crippen LogP) is 3.08. The van der Waals surface area contributed by atoms with Gasteiger partial charge in [0.15, 0.2) is 5.13 Å². The number of anilines is 2. The van der Waals surface area contributed by atoms with Gasteiger partial charge in [0.1, 0.15) is 12.4 Å². The van der Waals surface area contributed by atoms with Crippen molar-refractivity contribution < 1.29 is 4.74 Å². The van der Waals surface area contributed by atoms with Gasteiger partial charge in [-0.1, -0.05) is 6.42 Å². The zero-order valence-corrected chi connectivity index (χ0v) is 14.7. The van der Waals surface area contributed by atoms with Crippen LogP contribution in [0, 0.1) is 0 Å². The number of nitrogens with zero attached hydrogens (tertiary/aromatic N) is 3. The van der Waals surface area contributed by atoms with Crippen molar-refractivity contribution in [3.63, 3.8) is 0 Å². The number of likely N-dealkylation sites (tertiary alicyclic amines) is 1. The lowest BCUT2D eigenvalue weighted by molar-refractivity contribution is 0.229. The van der Waals surface area contributed by atoms with Crippen molar-refractivity contribution in [3.8, 4) is 17.0 Å². The zero-order chi connectivity index (χ0) is 16.4. The Morgan fingerprint density at radius 1 is 1.12 bits per heavy atom. The molecule has 2 aliphatic rings. The van der Waals surface area contributed by atoms with Crippen molar-refractivity contribution in [1.82, 2.24) is 9.88 Å². The van der Waals surface area contributed by atoms with Crippen molar-refractivity contribution in [2.24, 2.45) is 0 Å². The second kappa shape index (κ2) is 6.99. The number of hydrogen-bond donors (Lipinski definition) is 1. The van der Waals surface area contributed by atoms with E-state index in [-0.39, 0.29) is 0 Å². The molecule has 0 spiro atoms. The van der Waals surface area contributed by atoms with Crippen LogP contribution in [0.15, 0.2) is 23.6 Å². The molecule has 0 unspecified atom stereocenters. The first-order chi connectivity index (χ1) is 11.8. The van der Waals surface area contributed by atoms with E-state index in [0.29, 0.717) is 5.13 Å². The second-order valence-electron chi connectivity index (χ2n) is 6.49. The van der Waals surface area contributed by atoms with Gasteiger partial charge in [-0.2, -0.15) is 0 Å². The SMILES string of the molecule is Nc1nc(-c2ccc3c(c2)N(CCN2CCCCC2)CCO3)cs1. The molecule has 0 aliphatic carbocycles. The molecule has 0 saturated carbocycles. The minimum Gasteiger partial charge on any atom is -0.490 e. The van der Waals surface area contributed by atoms with Crippen LogP contribution in [0.3, 0.4) is 0 Å². The molecule has 2 aromatic rings. The van der Waals surface area contributed by atoms with E-state index in [9.17, 15) is 0 Å². The fraction of sp³-hybridized carbons (Fsp3) is 0.500. The maximum atomic E-state index is 5.84. The van der Waals surface area contributed by atoms with Gasteiger partial charge in [-0.05, 0) is 44.1 Å². The third-order valence-corrected chi connectivity index (χ3v) is 5.54. The third-order valence-electron chi connectivity index (χ3n) is 4.87. The second-order valence-corrected chi connectivity index (χ2v) is 7.38. The average Bonchev–Trinajstić information content (AvgIpc) is 3.07. The predicted molar refractivity (Wildman–Crippen MR) is 100.0 cm³/mol. The Balaban J connectivity index is 1.51. The molecule has 3 heterocycles. The van der Waals surface area contributed by atoms with E-state index in [0.717, 1.165) is 43.2 Å². The smallest absolute Gasteiger partial charge is 0.180 e. The summed E-state index contributed by atoms with van der Waals surface area (Å²) in [6.45, 7) is 6.39. The van der Waals surface area contributed by atoms with Crippen molar-refractivity contribution >= 4 is 22.2 Å². The molecule has 5 nitrogen and oxygen atoms in total. The molecule has 1 saturated heterocycles. The third kappa shape index (κ3) is 3.35. The van der Waals surface area contributed by atoms with Gasteiger partial charge in [-0.3, -0.25) is 0 Å². The van der Waals surface area contributed by atoms with E-state index in [2.05, 4.69) is 33.0 Å². The molecule has 2 aliphatic heterocycles. The Kier molecular flexibility index (Phi) is 4.58. The lowest BCUT2D eigenvalue weighted by Gasteiger charge is -2.34. The molecule has 24 heavy (non-hydrogen) atoms. The summed E-state index contributed by atoms with van der Waals surface area (Å²) in [5.74, 6) is 0.979. The molecule has 0 radical (unpaired) electrons. The minimum atomic E-state index is 0.612. The largest absolute Gasteiger partial charge is 0.490 e. The Bertz CT molecular complexity index is 696. The molecule has 0 amide bonds. The van der Waals surface area contributed by atoms with Crippen LogP contribution < -0.4 is 15.4 Å². The maximum Gasteiger partial charge on any atom is 0.180 e. The van der Waals surface area contributed by atoms with E-state index in [1.54, 1.807) is 0 Å². The van der Waals surface area contributed by atoms with Gasteiger partial charge >= 0.3 is 0 Å². The monoisotopic (exact) mass is 344 g/mol. The summed E-state index contributed by atoms with van der Waals surface area (Å²) in [4.78, 5) is 9.44. The standard InChI is InChI=1S/C18H24N4OS/c19-18-20-15(13-24-18)14-4-5-17-16(12-14)22(10-11-23-17)9-8-21-6-2-1-3-7-21/h4-5,12-13H,1-3,6-11H2,(H2,19,20). The Hall–Kier alpha value is -1.79. The summed E-state index contributed by atoms with van der Waals surface area (Å²) >= 11 is 1.48. The number of ether oxygens (including phenoxy) is 1. The fourth-order valence-electron chi connectivity index (χ4n) is 3.53. The Morgan fingerprint density at radius 2 is 2.00 bits per heavy atom. The Morgan fingerprint density at radius 3 is 2.79 bits per heavy atom. The molecule has 1 fully saturated rings. The summed E-state index contributed by atoms with van der Waals surface area (Å²) in [5.41, 5.74) is 9.01. The first kappa shape index (κ1) is 15.7. The quantitative estimate of drug-likeness (QED) is 0.924. The van der Waals surface area contributed by atoms with Gasteiger partial charge in [0.25, 0.3) is 0 Å². The molecule has 2 N–H and O–H groups in total. The number of nitrogens with two attached hydrogens (primary N) is 1. The topological polar surface area (TPSA) is 54.6 Å². The highest BCUT2D eigenvalue weighted by molar-refractivity contribution is 7.13. The molecule has 0 atom stereocenters. The van der Waals surface area contributed by atoms with Crippen LogP contribution in [0.5, 0.6) is 5.75 Å². The molecular weight excluding hydrogens is 320 g/mol. The van der Waals surface area contributed by atoms with E-state index < -0.39 is 0 Å². The molecule has 1 aromatic carbocycles. The molecular formula is C18H24N4OS. The van der Waals surface area contributed by atoms with Gasteiger partial charge in [-0.25, -0.2) is 4.98 Å². The summed E-state index contributed by atoms with van der Waals surface area (Å²) in [5, 5.41) is 2.62. The van der Waals surface area contributed by atoms with Crippen LogP contribution in [0.25, 0.3) is 11.3 Å². The van der Waals surface area contributed by atoms with E-state index >= 15 is 0 Å². The van der Waals surface area contributed by atoms with Crippen molar-refractivity contribution in [2.75, 3.05) is 50.0 Å². The number of nitrogen functional groups attached to an aromatic ring is 1. The molecule has 128 valence electrons. The van der Waals surface area contributed by atoms with E-state index in [1.165, 1.54) is 49.4 Å². The number of benzene rings is 1. The van der Waals surface area contributed by atoms with Gasteiger partial charge in [-0.15, -0.1) is 11.3 Å². The number of aromatic nitrogens is 1. The van der Waals surface area contributed by atoms with Crippen LogP contribution in [-0.2, 0) is 0 Å². The zero-order valence-electron chi connectivity index (χ0n) is 13.9. The number of hydrogen-bond acceptors (Lipinski definition) is 6. The molecule has 1 aromatic heterocycles. The van der Waals surface area contributed by atoms with Crippen molar-refractivity contribution in [3.05, 3.63) is 23.6 Å². The van der Waals surface area contributed by atoms with E-state index in [1.807, 2.05) is 5.38 Å². The lowest BCUT2D eigenvalue weighted by Crippen LogP contribution is -2.41. The molecule has 0 bridgehead atoms. The van der Waals surface area contributed by atoms with Crippen molar-refractivity contribution in [1.29, 1.82) is 0 Å². The minimum absolute atomic E-state index is 0.612. The van der Waals surface area contributed by atoms with Crippen molar-refractivity contribution in [2.45, 2.75) is 19.3 Å². The number of fused-ring (bicyclic) bond motifs is 1. The van der Waals surface area contributed by atoms with Crippen LogP contribution in [0.2, 0.25) is 0 Å². The van der Waals surface area contributed by atoms with Gasteiger partial charge in [0, 0.05) is 24.0 Å². The fourth-order valence-corrected chi connectivity index (χ4v) is 4.10. The maximum absolute atomic E-state index is 5.84. The van der Waals surface area contributed by atoms with Crippen LogP contribution in [0.1, 0.15) is 19.3 Å². The summed E-state index contributed by atoms with van der Waals surface area (Å²) in [6.07, 6.45) is 4.07. The molecule has 6 heteroatoms. The lowest BCUT2D eigenvalue weighted by atomic mass is 10.1. The highest BCUT2D eigenvalue weighted by Gasteiger charge is 2.20. The first-order valence-corrected chi connectivity index (χ1v) is 9.63. The summed E-state index contributed by atoms with van der Waals surface area (Å²) in [6, 6.07) is 6.33. The number of rotatable bonds is 4. The van der Waals surface area contributed by atoms with Gasteiger partial charge < -0.3 is 20.3 Å². The normalized spacial score (nSPS) is 18.2. The van der Waals surface area contributed by atoms with Gasteiger partial charge in [0.2, 0.25) is 0 Å². The Labute approximate surface area is 147 Å². The average molecular weight is 344 g/mol. The highest BCUT2D eigenvalue weighted by Crippen LogP contribution is 2.36. The van der Waals surface area contributed by atoms with Gasteiger partial charge in [0.05, 0.1) is 17.9 Å². The molecule has 4 rings (SSSR count). The van der Waals surface area contributed by atoms with E-state index in [4.69, 9.17) is 10.5 Å². The highest BCUT2D eigenvalue weighted by atomic mass is 32.1. The first-order valence-electron chi connectivity index (χ1n) is 8.75.